The molecule has 2 rings (SSSR count). The molecule has 0 saturated carbocycles. The number of aliphatic hydroxyl groups is 2. The van der Waals surface area contributed by atoms with E-state index in [2.05, 4.69) is 0 Å². The molecule has 0 saturated heterocycles. The van der Waals surface area contributed by atoms with Crippen LogP contribution in [-0.4, -0.2) is 42.6 Å². The predicted molar refractivity (Wildman–Crippen MR) is 93.2 cm³/mol. The van der Waals surface area contributed by atoms with Crippen molar-refractivity contribution < 1.29 is 14.9 Å². The summed E-state index contributed by atoms with van der Waals surface area (Å²) in [6.07, 6.45) is -0.637. The molecule has 0 fully saturated rings. The zero-order valence-corrected chi connectivity index (χ0v) is 13.8. The van der Waals surface area contributed by atoms with E-state index < -0.39 is 6.10 Å². The van der Waals surface area contributed by atoms with Crippen LogP contribution in [0.1, 0.15) is 11.1 Å². The van der Waals surface area contributed by atoms with E-state index in [1.165, 1.54) is 5.56 Å². The van der Waals surface area contributed by atoms with Crippen molar-refractivity contribution in [3.05, 3.63) is 59.7 Å². The third-order valence-electron chi connectivity index (χ3n) is 3.91. The quantitative estimate of drug-likeness (QED) is 0.786. The number of para-hydroxylation sites is 1. The first-order valence-electron chi connectivity index (χ1n) is 7.89. The Hall–Kier alpha value is -2.04. The molecule has 0 spiro atoms. The van der Waals surface area contributed by atoms with E-state index in [9.17, 15) is 10.2 Å². The van der Waals surface area contributed by atoms with Gasteiger partial charge in [-0.2, -0.15) is 0 Å². The normalized spacial score (nSPS) is 12.0. The van der Waals surface area contributed by atoms with Crippen molar-refractivity contribution in [3.63, 3.8) is 0 Å². The van der Waals surface area contributed by atoms with Gasteiger partial charge in [0.05, 0.1) is 6.61 Å². The van der Waals surface area contributed by atoms with E-state index in [4.69, 9.17) is 4.74 Å². The van der Waals surface area contributed by atoms with Crippen LogP contribution in [0.25, 0.3) is 0 Å². The van der Waals surface area contributed by atoms with Crippen molar-refractivity contribution in [1.82, 2.24) is 0 Å². The van der Waals surface area contributed by atoms with Crippen molar-refractivity contribution in [1.29, 1.82) is 0 Å². The number of anilines is 1. The molecule has 0 aromatic heterocycles. The summed E-state index contributed by atoms with van der Waals surface area (Å²) in [6, 6.07) is 15.7. The molecule has 4 heteroatoms. The van der Waals surface area contributed by atoms with Crippen LogP contribution in [0.15, 0.2) is 48.5 Å². The van der Waals surface area contributed by atoms with E-state index in [0.29, 0.717) is 13.1 Å². The summed E-state index contributed by atoms with van der Waals surface area (Å²) in [4.78, 5) is 1.96. The maximum Gasteiger partial charge on any atom is 0.122 e. The maximum absolute atomic E-state index is 10.3. The second kappa shape index (κ2) is 8.56. The molecule has 0 aliphatic rings. The Morgan fingerprint density at radius 2 is 1.78 bits per heavy atom. The van der Waals surface area contributed by atoms with Gasteiger partial charge in [-0.25, -0.2) is 0 Å². The third-order valence-corrected chi connectivity index (χ3v) is 3.91. The van der Waals surface area contributed by atoms with Gasteiger partial charge in [-0.3, -0.25) is 0 Å². The van der Waals surface area contributed by atoms with Gasteiger partial charge in [-0.1, -0.05) is 30.3 Å². The fourth-order valence-corrected chi connectivity index (χ4v) is 2.46. The largest absolute Gasteiger partial charge is 0.491 e. The summed E-state index contributed by atoms with van der Waals surface area (Å²) in [6.45, 7) is 5.20. The van der Waals surface area contributed by atoms with E-state index in [1.54, 1.807) is 0 Å². The molecule has 0 amide bonds. The Morgan fingerprint density at radius 3 is 2.48 bits per heavy atom. The standard InChI is InChI=1S/C19H25NO3/c1-15-7-6-10-19(16(15)2)23-14-18(22)13-20(11-12-21)17-8-4-3-5-9-17/h3-10,18,21-22H,11-14H2,1-2H3. The third kappa shape index (κ3) is 4.98. The van der Waals surface area contributed by atoms with Crippen LogP contribution in [0, 0.1) is 13.8 Å². The zero-order chi connectivity index (χ0) is 16.7. The minimum absolute atomic E-state index is 0.0411. The molecule has 4 nitrogen and oxygen atoms in total. The lowest BCUT2D eigenvalue weighted by molar-refractivity contribution is 0.111. The fourth-order valence-electron chi connectivity index (χ4n) is 2.46. The first-order valence-corrected chi connectivity index (χ1v) is 7.89. The molecule has 1 unspecified atom stereocenters. The molecule has 0 bridgehead atoms. The van der Waals surface area contributed by atoms with Crippen LogP contribution in [-0.2, 0) is 0 Å². The highest BCUT2D eigenvalue weighted by Gasteiger charge is 2.13. The molecule has 0 aliphatic carbocycles. The van der Waals surface area contributed by atoms with Crippen LogP contribution < -0.4 is 9.64 Å². The van der Waals surface area contributed by atoms with Gasteiger partial charge in [0, 0.05) is 18.8 Å². The van der Waals surface area contributed by atoms with E-state index in [-0.39, 0.29) is 13.2 Å². The Labute approximate surface area is 138 Å². The average Bonchev–Trinajstić information content (AvgIpc) is 2.56. The second-order valence-corrected chi connectivity index (χ2v) is 5.67. The summed E-state index contributed by atoms with van der Waals surface area (Å²) in [5, 5.41) is 19.5. The van der Waals surface area contributed by atoms with Gasteiger partial charge < -0.3 is 19.8 Å². The Balaban J connectivity index is 1.94. The van der Waals surface area contributed by atoms with Gasteiger partial charge in [0.2, 0.25) is 0 Å². The lowest BCUT2D eigenvalue weighted by Gasteiger charge is -2.26. The molecular formula is C19H25NO3. The van der Waals surface area contributed by atoms with Crippen LogP contribution in [0.3, 0.4) is 0 Å². The number of nitrogens with zero attached hydrogens (tertiary/aromatic N) is 1. The Morgan fingerprint density at radius 1 is 1.04 bits per heavy atom. The summed E-state index contributed by atoms with van der Waals surface area (Å²) < 4.78 is 5.76. The molecule has 2 aromatic carbocycles. The van der Waals surface area contributed by atoms with Crippen molar-refractivity contribution in [2.45, 2.75) is 20.0 Å². The van der Waals surface area contributed by atoms with Crippen LogP contribution >= 0.6 is 0 Å². The predicted octanol–water partition coefficient (Wildman–Crippen LogP) is 2.54. The second-order valence-electron chi connectivity index (χ2n) is 5.67. The molecule has 2 N–H and O–H groups in total. The van der Waals surface area contributed by atoms with Crippen molar-refractivity contribution in [3.8, 4) is 5.75 Å². The Bertz CT molecular complexity index is 601. The summed E-state index contributed by atoms with van der Waals surface area (Å²) in [5.74, 6) is 0.803. The number of ether oxygens (including phenoxy) is 1. The summed E-state index contributed by atoms with van der Waals surface area (Å²) in [7, 11) is 0. The highest BCUT2D eigenvalue weighted by Crippen LogP contribution is 2.21. The maximum atomic E-state index is 10.3. The number of rotatable bonds is 8. The van der Waals surface area contributed by atoms with Crippen molar-refractivity contribution in [2.75, 3.05) is 31.2 Å². The highest BCUT2D eigenvalue weighted by molar-refractivity contribution is 5.46. The molecule has 0 radical (unpaired) electrons. The minimum atomic E-state index is -0.637. The van der Waals surface area contributed by atoms with Crippen molar-refractivity contribution >= 4 is 5.69 Å². The van der Waals surface area contributed by atoms with Crippen molar-refractivity contribution in [2.24, 2.45) is 0 Å². The first-order chi connectivity index (χ1) is 11.1. The number of benzene rings is 2. The fraction of sp³-hybridized carbons (Fsp3) is 0.368. The molecule has 1 atom stereocenters. The Kier molecular flexibility index (Phi) is 6.44. The molecule has 23 heavy (non-hydrogen) atoms. The number of aryl methyl sites for hydroxylation is 1. The molecular weight excluding hydrogens is 290 g/mol. The average molecular weight is 315 g/mol. The number of hydrogen-bond acceptors (Lipinski definition) is 4. The van der Waals surface area contributed by atoms with Gasteiger partial charge in [0.1, 0.15) is 18.5 Å². The number of aliphatic hydroxyl groups excluding tert-OH is 2. The van der Waals surface area contributed by atoms with Gasteiger partial charge >= 0.3 is 0 Å². The molecule has 0 aliphatic heterocycles. The zero-order valence-electron chi connectivity index (χ0n) is 13.8. The van der Waals surface area contributed by atoms with Crippen LogP contribution in [0.5, 0.6) is 5.75 Å². The van der Waals surface area contributed by atoms with Crippen LogP contribution in [0.4, 0.5) is 5.69 Å². The molecule has 124 valence electrons. The summed E-state index contributed by atoms with van der Waals surface area (Å²) in [5.41, 5.74) is 3.24. The van der Waals surface area contributed by atoms with Gasteiger partial charge in [-0.15, -0.1) is 0 Å². The first kappa shape index (κ1) is 17.3. The topological polar surface area (TPSA) is 52.9 Å². The van der Waals surface area contributed by atoms with E-state index in [0.717, 1.165) is 17.0 Å². The van der Waals surface area contributed by atoms with E-state index in [1.807, 2.05) is 67.3 Å². The lowest BCUT2D eigenvalue weighted by Crippen LogP contribution is -2.37. The molecule has 0 heterocycles. The van der Waals surface area contributed by atoms with Gasteiger partial charge in [0.15, 0.2) is 0 Å². The monoisotopic (exact) mass is 315 g/mol. The highest BCUT2D eigenvalue weighted by atomic mass is 16.5. The molecule has 2 aromatic rings. The van der Waals surface area contributed by atoms with Gasteiger partial charge in [0.25, 0.3) is 0 Å². The smallest absolute Gasteiger partial charge is 0.122 e. The SMILES string of the molecule is Cc1cccc(OCC(O)CN(CCO)c2ccccc2)c1C. The summed E-state index contributed by atoms with van der Waals surface area (Å²) >= 11 is 0. The number of hydrogen-bond donors (Lipinski definition) is 2. The van der Waals surface area contributed by atoms with Gasteiger partial charge in [-0.05, 0) is 43.2 Å². The van der Waals surface area contributed by atoms with E-state index >= 15 is 0 Å². The minimum Gasteiger partial charge on any atom is -0.491 e. The lowest BCUT2D eigenvalue weighted by atomic mass is 10.1. The van der Waals surface area contributed by atoms with Crippen LogP contribution in [0.2, 0.25) is 0 Å².